The molecule has 0 saturated heterocycles. The van der Waals surface area contributed by atoms with E-state index in [-0.39, 0.29) is 17.1 Å². The first-order chi connectivity index (χ1) is 13.0. The first-order valence-corrected chi connectivity index (χ1v) is 7.89. The van der Waals surface area contributed by atoms with E-state index in [1.54, 1.807) is 18.2 Å². The van der Waals surface area contributed by atoms with Crippen LogP contribution in [-0.2, 0) is 4.74 Å². The lowest BCUT2D eigenvalue weighted by molar-refractivity contribution is 0.0602. The van der Waals surface area contributed by atoms with Gasteiger partial charge in [-0.05, 0) is 24.3 Å². The zero-order valence-electron chi connectivity index (χ0n) is 14.9. The monoisotopic (exact) mass is 372 g/mol. The van der Waals surface area contributed by atoms with E-state index in [2.05, 4.69) is 10.5 Å². The molecule has 0 spiro atoms. The van der Waals surface area contributed by atoms with Crippen LogP contribution in [0, 0.1) is 5.82 Å². The van der Waals surface area contributed by atoms with Gasteiger partial charge in [-0.15, -0.1) is 0 Å². The highest BCUT2D eigenvalue weighted by Crippen LogP contribution is 2.34. The number of nitrogens with one attached hydrogen (secondary N) is 1. The van der Waals surface area contributed by atoms with E-state index in [4.69, 9.17) is 18.7 Å². The number of carbonyl (C=O) groups is 1. The van der Waals surface area contributed by atoms with Gasteiger partial charge in [0.1, 0.15) is 23.0 Å². The van der Waals surface area contributed by atoms with E-state index in [0.717, 1.165) is 0 Å². The standard InChI is InChI=1S/C19H17FN2O5/c1-24-14-8-13(9-15(10-14)25-2)21-18-16(19(23)26-3)17(22-27-18)11-4-6-12(20)7-5-11/h4-10,21H,1-3H3. The third-order valence-corrected chi connectivity index (χ3v) is 3.81. The predicted octanol–water partition coefficient (Wildman–Crippen LogP) is 4.03. The predicted molar refractivity (Wildman–Crippen MR) is 96.1 cm³/mol. The molecule has 0 aliphatic carbocycles. The smallest absolute Gasteiger partial charge is 0.345 e. The number of ether oxygens (including phenoxy) is 3. The molecule has 0 saturated carbocycles. The van der Waals surface area contributed by atoms with Crippen molar-refractivity contribution in [2.24, 2.45) is 0 Å². The number of benzene rings is 2. The van der Waals surface area contributed by atoms with Gasteiger partial charge in [-0.1, -0.05) is 5.16 Å². The Kier molecular flexibility index (Phi) is 5.25. The van der Waals surface area contributed by atoms with Crippen LogP contribution < -0.4 is 14.8 Å². The van der Waals surface area contributed by atoms with Gasteiger partial charge in [0.05, 0.1) is 21.3 Å². The van der Waals surface area contributed by atoms with Crippen molar-refractivity contribution in [3.05, 3.63) is 53.8 Å². The van der Waals surface area contributed by atoms with Crippen LogP contribution in [-0.4, -0.2) is 32.5 Å². The number of hydrogen-bond donors (Lipinski definition) is 1. The summed E-state index contributed by atoms with van der Waals surface area (Å²) < 4.78 is 33.8. The molecule has 2 aromatic carbocycles. The molecule has 0 aliphatic heterocycles. The molecule has 27 heavy (non-hydrogen) atoms. The molecule has 0 aliphatic rings. The number of esters is 1. The molecule has 1 heterocycles. The Hall–Kier alpha value is -3.55. The number of nitrogens with zero attached hydrogens (tertiary/aromatic N) is 1. The highest BCUT2D eigenvalue weighted by atomic mass is 19.1. The van der Waals surface area contributed by atoms with Crippen LogP contribution in [0.5, 0.6) is 11.5 Å². The second-order valence-corrected chi connectivity index (χ2v) is 5.46. The van der Waals surface area contributed by atoms with Gasteiger partial charge in [0.25, 0.3) is 0 Å². The summed E-state index contributed by atoms with van der Waals surface area (Å²) in [7, 11) is 4.31. The molecule has 140 valence electrons. The third-order valence-electron chi connectivity index (χ3n) is 3.81. The minimum atomic E-state index is -0.645. The van der Waals surface area contributed by atoms with E-state index in [1.807, 2.05) is 0 Å². The molecule has 8 heteroatoms. The van der Waals surface area contributed by atoms with Crippen molar-refractivity contribution in [2.45, 2.75) is 0 Å². The summed E-state index contributed by atoms with van der Waals surface area (Å²) in [6, 6.07) is 10.6. The third kappa shape index (κ3) is 3.84. The lowest BCUT2D eigenvalue weighted by Gasteiger charge is -2.09. The van der Waals surface area contributed by atoms with Crippen molar-refractivity contribution in [3.63, 3.8) is 0 Å². The average Bonchev–Trinajstić information content (AvgIpc) is 3.10. The number of methoxy groups -OCH3 is 3. The molecule has 3 aromatic rings. The highest BCUT2D eigenvalue weighted by Gasteiger charge is 2.25. The van der Waals surface area contributed by atoms with Crippen LogP contribution in [0.4, 0.5) is 16.0 Å². The molecule has 0 unspecified atom stereocenters. The van der Waals surface area contributed by atoms with Gasteiger partial charge in [-0.2, -0.15) is 0 Å². The largest absolute Gasteiger partial charge is 0.497 e. The van der Waals surface area contributed by atoms with Crippen LogP contribution in [0.25, 0.3) is 11.3 Å². The van der Waals surface area contributed by atoms with Crippen LogP contribution in [0.3, 0.4) is 0 Å². The maximum Gasteiger partial charge on any atom is 0.345 e. The summed E-state index contributed by atoms with van der Waals surface area (Å²) in [5.74, 6) is 0.137. The van der Waals surface area contributed by atoms with Crippen LogP contribution >= 0.6 is 0 Å². The summed E-state index contributed by atoms with van der Waals surface area (Å²) >= 11 is 0. The van der Waals surface area contributed by atoms with Gasteiger partial charge in [0.2, 0.25) is 5.88 Å². The molecule has 0 fully saturated rings. The minimum Gasteiger partial charge on any atom is -0.497 e. The molecular formula is C19H17FN2O5. The lowest BCUT2D eigenvalue weighted by Crippen LogP contribution is -2.05. The van der Waals surface area contributed by atoms with Crippen LogP contribution in [0.1, 0.15) is 10.4 Å². The topological polar surface area (TPSA) is 82.8 Å². The maximum absolute atomic E-state index is 13.2. The summed E-state index contributed by atoms with van der Waals surface area (Å²) in [5, 5.41) is 6.92. The van der Waals surface area contributed by atoms with Crippen molar-refractivity contribution in [1.82, 2.24) is 5.16 Å². The van der Waals surface area contributed by atoms with E-state index < -0.39 is 11.8 Å². The first-order valence-electron chi connectivity index (χ1n) is 7.89. The van der Waals surface area contributed by atoms with E-state index in [1.165, 1.54) is 45.6 Å². The van der Waals surface area contributed by atoms with Crippen LogP contribution in [0.2, 0.25) is 0 Å². The van der Waals surface area contributed by atoms with Crippen molar-refractivity contribution in [1.29, 1.82) is 0 Å². The molecule has 1 N–H and O–H groups in total. The molecule has 3 rings (SSSR count). The Morgan fingerprint density at radius 2 is 1.67 bits per heavy atom. The highest BCUT2D eigenvalue weighted by molar-refractivity contribution is 6.01. The molecule has 7 nitrogen and oxygen atoms in total. The molecule has 0 atom stereocenters. The molecular weight excluding hydrogens is 355 g/mol. The Morgan fingerprint density at radius 1 is 1.04 bits per heavy atom. The zero-order valence-corrected chi connectivity index (χ0v) is 14.9. The summed E-state index contributed by atoms with van der Waals surface area (Å²) in [4.78, 5) is 12.3. The Bertz CT molecular complexity index is 931. The van der Waals surface area contributed by atoms with Gasteiger partial charge >= 0.3 is 5.97 Å². The van der Waals surface area contributed by atoms with E-state index >= 15 is 0 Å². The minimum absolute atomic E-state index is 0.0801. The first kappa shape index (κ1) is 18.2. The molecule has 0 amide bonds. The van der Waals surface area contributed by atoms with Gasteiger partial charge in [-0.25, -0.2) is 9.18 Å². The summed E-state index contributed by atoms with van der Waals surface area (Å²) in [5.41, 5.74) is 1.39. The second kappa shape index (κ2) is 7.77. The van der Waals surface area contributed by atoms with Gasteiger partial charge in [0, 0.05) is 29.4 Å². The Morgan fingerprint density at radius 3 is 2.22 bits per heavy atom. The second-order valence-electron chi connectivity index (χ2n) is 5.46. The van der Waals surface area contributed by atoms with Crippen LogP contribution in [0.15, 0.2) is 47.0 Å². The number of hydrogen-bond acceptors (Lipinski definition) is 7. The lowest BCUT2D eigenvalue weighted by atomic mass is 10.1. The summed E-state index contributed by atoms with van der Waals surface area (Å²) in [6.45, 7) is 0. The van der Waals surface area contributed by atoms with Gasteiger partial charge < -0.3 is 24.1 Å². The number of aromatic nitrogens is 1. The fourth-order valence-corrected chi connectivity index (χ4v) is 2.48. The zero-order chi connectivity index (χ0) is 19.4. The fourth-order valence-electron chi connectivity index (χ4n) is 2.48. The van der Waals surface area contributed by atoms with Crippen molar-refractivity contribution < 1.29 is 27.9 Å². The normalized spacial score (nSPS) is 10.4. The summed E-state index contributed by atoms with van der Waals surface area (Å²) in [6.07, 6.45) is 0. The van der Waals surface area contributed by atoms with E-state index in [0.29, 0.717) is 22.7 Å². The number of anilines is 2. The fraction of sp³-hybridized carbons (Fsp3) is 0.158. The van der Waals surface area contributed by atoms with Crippen molar-refractivity contribution in [3.8, 4) is 22.8 Å². The van der Waals surface area contributed by atoms with Crippen molar-refractivity contribution in [2.75, 3.05) is 26.6 Å². The Balaban J connectivity index is 2.03. The number of rotatable bonds is 6. The van der Waals surface area contributed by atoms with Crippen molar-refractivity contribution >= 4 is 17.5 Å². The molecule has 0 radical (unpaired) electrons. The SMILES string of the molecule is COC(=O)c1c(-c2ccc(F)cc2)noc1Nc1cc(OC)cc(OC)c1. The Labute approximate surface area is 154 Å². The molecule has 1 aromatic heterocycles. The maximum atomic E-state index is 13.2. The van der Waals surface area contributed by atoms with Gasteiger partial charge in [-0.3, -0.25) is 0 Å². The molecule has 0 bridgehead atoms. The number of carbonyl (C=O) groups excluding carboxylic acids is 1. The quantitative estimate of drug-likeness (QED) is 0.654. The number of halogens is 1. The average molecular weight is 372 g/mol. The van der Waals surface area contributed by atoms with E-state index in [9.17, 15) is 9.18 Å². The van der Waals surface area contributed by atoms with Gasteiger partial charge in [0.15, 0.2) is 5.56 Å².